The fourth-order valence-corrected chi connectivity index (χ4v) is 6.11. The van der Waals surface area contributed by atoms with Crippen molar-refractivity contribution in [1.29, 1.82) is 0 Å². The van der Waals surface area contributed by atoms with Crippen LogP contribution in [0.1, 0.15) is 37.0 Å². The number of nitrogens with zero attached hydrogens (tertiary/aromatic N) is 1. The molecule has 0 aliphatic carbocycles. The van der Waals surface area contributed by atoms with Crippen LogP contribution in [0.3, 0.4) is 0 Å². The number of carbonyl (C=O) groups excluding carboxylic acids is 2. The summed E-state index contributed by atoms with van der Waals surface area (Å²) >= 11 is 0. The summed E-state index contributed by atoms with van der Waals surface area (Å²) in [6.45, 7) is 6.20. The van der Waals surface area contributed by atoms with E-state index in [4.69, 9.17) is 14.2 Å². The van der Waals surface area contributed by atoms with Crippen LogP contribution < -0.4 is 9.64 Å². The highest BCUT2D eigenvalue weighted by Gasteiger charge is 2.22. The van der Waals surface area contributed by atoms with Crippen molar-refractivity contribution in [2.75, 3.05) is 56.6 Å². The van der Waals surface area contributed by atoms with Crippen molar-refractivity contribution in [3.05, 3.63) is 66.2 Å². The van der Waals surface area contributed by atoms with Crippen LogP contribution in [0.4, 0.5) is 5.69 Å². The second kappa shape index (κ2) is 12.6. The molecule has 208 valence electrons. The Morgan fingerprint density at radius 3 is 2.13 bits per heavy atom. The molecule has 1 saturated heterocycles. The Balaban J connectivity index is 1.74. The van der Waals surface area contributed by atoms with Crippen LogP contribution in [0.15, 0.2) is 65.6 Å². The molecular formula is C32H39NO5S. The minimum atomic E-state index is -1.01. The van der Waals surface area contributed by atoms with Crippen LogP contribution in [-0.2, 0) is 14.3 Å². The molecule has 0 atom stereocenters. The average Bonchev–Trinajstić information content (AvgIpc) is 3.45. The maximum absolute atomic E-state index is 12.1. The number of carbonyl (C=O) groups is 2. The zero-order valence-electron chi connectivity index (χ0n) is 23.6. The van der Waals surface area contributed by atoms with Crippen molar-refractivity contribution in [1.82, 2.24) is 0 Å². The van der Waals surface area contributed by atoms with Crippen LogP contribution in [0.2, 0.25) is 0 Å². The third-order valence-corrected chi connectivity index (χ3v) is 8.38. The van der Waals surface area contributed by atoms with Gasteiger partial charge in [0.15, 0.2) is 0 Å². The Morgan fingerprint density at radius 2 is 1.49 bits per heavy atom. The summed E-state index contributed by atoms with van der Waals surface area (Å²) in [5, 5.41) is 0. The summed E-state index contributed by atoms with van der Waals surface area (Å²) in [4.78, 5) is 27.2. The Morgan fingerprint density at radius 1 is 0.821 bits per heavy atom. The van der Waals surface area contributed by atoms with E-state index in [0.29, 0.717) is 12.2 Å². The van der Waals surface area contributed by atoms with Crippen LogP contribution in [0.5, 0.6) is 5.75 Å². The second-order valence-corrected chi connectivity index (χ2v) is 14.5. The Bertz CT molecular complexity index is 1310. The third kappa shape index (κ3) is 7.15. The summed E-state index contributed by atoms with van der Waals surface area (Å²) < 4.78 is 16.3. The summed E-state index contributed by atoms with van der Waals surface area (Å²) in [6.07, 6.45) is 9.48. The van der Waals surface area contributed by atoms with E-state index in [0.717, 1.165) is 41.1 Å². The highest BCUT2D eigenvalue weighted by molar-refractivity contribution is 8.32. The quantitative estimate of drug-likeness (QED) is 0.205. The van der Waals surface area contributed by atoms with Gasteiger partial charge in [-0.2, -0.15) is 0 Å². The van der Waals surface area contributed by atoms with Crippen LogP contribution in [0, 0.1) is 0 Å². The molecule has 0 radical (unpaired) electrons. The maximum atomic E-state index is 12.1. The molecule has 7 heteroatoms. The number of hydrogen-bond donors (Lipinski definition) is 0. The third-order valence-electron chi connectivity index (χ3n) is 6.73. The van der Waals surface area contributed by atoms with E-state index < -0.39 is 10.0 Å². The van der Waals surface area contributed by atoms with Gasteiger partial charge >= 0.3 is 11.9 Å². The van der Waals surface area contributed by atoms with E-state index in [-0.39, 0.29) is 25.2 Å². The summed E-state index contributed by atoms with van der Waals surface area (Å²) in [7, 11) is -1.01. The van der Waals surface area contributed by atoms with Gasteiger partial charge < -0.3 is 19.1 Å². The topological polar surface area (TPSA) is 65.1 Å². The zero-order chi connectivity index (χ0) is 28.0. The lowest BCUT2D eigenvalue weighted by Crippen LogP contribution is -2.19. The summed E-state index contributed by atoms with van der Waals surface area (Å²) in [6, 6.07) is 20.3. The molecule has 0 saturated carbocycles. The fourth-order valence-electron chi connectivity index (χ4n) is 4.80. The van der Waals surface area contributed by atoms with E-state index in [1.165, 1.54) is 30.3 Å². The first-order chi connectivity index (χ1) is 18.7. The molecule has 0 spiro atoms. The first-order valence-electron chi connectivity index (χ1n) is 13.4. The first kappa shape index (κ1) is 28.6. The molecule has 1 aliphatic rings. The normalized spacial score (nSPS) is 13.7. The minimum Gasteiger partial charge on any atom is -0.489 e. The monoisotopic (exact) mass is 549 g/mol. The molecule has 0 bridgehead atoms. The van der Waals surface area contributed by atoms with E-state index in [1.807, 2.05) is 24.3 Å². The first-order valence-corrected chi connectivity index (χ1v) is 16.3. The Hall–Kier alpha value is -3.45. The molecule has 0 amide bonds. The number of esters is 2. The molecule has 0 aromatic heterocycles. The second-order valence-electron chi connectivity index (χ2n) is 10.4. The van der Waals surface area contributed by atoms with E-state index in [1.54, 1.807) is 19.1 Å². The lowest BCUT2D eigenvalue weighted by Gasteiger charge is -2.33. The smallest absolute Gasteiger partial charge is 0.338 e. The van der Waals surface area contributed by atoms with Gasteiger partial charge in [-0.15, -0.1) is 0 Å². The molecule has 3 aromatic carbocycles. The van der Waals surface area contributed by atoms with Crippen molar-refractivity contribution in [3.63, 3.8) is 0 Å². The summed E-state index contributed by atoms with van der Waals surface area (Å²) in [5.41, 5.74) is 5.93. The molecule has 1 aliphatic heterocycles. The number of hydrogen-bond acceptors (Lipinski definition) is 6. The van der Waals surface area contributed by atoms with E-state index in [9.17, 15) is 9.59 Å². The van der Waals surface area contributed by atoms with Gasteiger partial charge in [0.05, 0.1) is 12.2 Å². The van der Waals surface area contributed by atoms with E-state index >= 15 is 0 Å². The highest BCUT2D eigenvalue weighted by atomic mass is 32.3. The number of rotatable bonds is 10. The molecule has 6 nitrogen and oxygen atoms in total. The number of benzene rings is 3. The van der Waals surface area contributed by atoms with E-state index in [2.05, 4.69) is 47.9 Å². The molecular weight excluding hydrogens is 510 g/mol. The van der Waals surface area contributed by atoms with Crippen molar-refractivity contribution in [2.45, 2.75) is 31.6 Å². The van der Waals surface area contributed by atoms with Gasteiger partial charge in [0.2, 0.25) is 0 Å². The summed E-state index contributed by atoms with van der Waals surface area (Å²) in [5.74, 6) is 0.0881. The van der Waals surface area contributed by atoms with Gasteiger partial charge in [0.1, 0.15) is 19.0 Å². The van der Waals surface area contributed by atoms with Gasteiger partial charge in [0.25, 0.3) is 0 Å². The van der Waals surface area contributed by atoms with Crippen LogP contribution >= 0.6 is 10.0 Å². The largest absolute Gasteiger partial charge is 0.489 e. The molecule has 0 unspecified atom stereocenters. The molecule has 4 rings (SSSR count). The highest BCUT2D eigenvalue weighted by Crippen LogP contribution is 2.52. The van der Waals surface area contributed by atoms with Gasteiger partial charge in [-0.05, 0) is 91.6 Å². The van der Waals surface area contributed by atoms with Crippen molar-refractivity contribution in [2.24, 2.45) is 0 Å². The zero-order valence-corrected chi connectivity index (χ0v) is 24.4. The number of ether oxygens (including phenoxy) is 3. The van der Waals surface area contributed by atoms with Crippen molar-refractivity contribution >= 4 is 27.7 Å². The van der Waals surface area contributed by atoms with Crippen LogP contribution in [-0.4, -0.2) is 63.6 Å². The van der Waals surface area contributed by atoms with Gasteiger partial charge in [-0.1, -0.05) is 24.3 Å². The number of anilines is 1. The molecule has 1 heterocycles. The molecule has 3 aromatic rings. The average molecular weight is 550 g/mol. The molecule has 0 N–H and O–H groups in total. The van der Waals surface area contributed by atoms with Crippen molar-refractivity contribution < 1.29 is 23.8 Å². The lowest BCUT2D eigenvalue weighted by atomic mass is 9.97. The lowest BCUT2D eigenvalue weighted by molar-refractivity contribution is -0.141. The van der Waals surface area contributed by atoms with Gasteiger partial charge in [-0.25, -0.2) is 14.8 Å². The predicted octanol–water partition coefficient (Wildman–Crippen LogP) is 6.79. The van der Waals surface area contributed by atoms with Crippen LogP contribution in [0.25, 0.3) is 22.3 Å². The Kier molecular flexibility index (Phi) is 9.23. The SMILES string of the molecule is CCOC(=O)c1ccc(-c2ccc(OCCOC(C)=O)c(-c3ccc(N4CCCC4)c(S(C)(C)C)c3)c2)cc1. The molecule has 39 heavy (non-hydrogen) atoms. The minimum absolute atomic E-state index is 0.192. The standard InChI is InChI=1S/C32H39NO5S/c1-6-36-32(35)25-11-9-24(10-12-25)26-14-16-30(38-20-19-37-23(2)34)28(21-26)27-13-15-29(33-17-7-8-18-33)31(22-27)39(3,4)5/h9-16,21-22H,6-8,17-20H2,1-5H3. The van der Waals surface area contributed by atoms with Gasteiger partial charge in [-0.3, -0.25) is 4.79 Å². The van der Waals surface area contributed by atoms with Crippen molar-refractivity contribution in [3.8, 4) is 28.0 Å². The fraction of sp³-hybridized carbons (Fsp3) is 0.375. The maximum Gasteiger partial charge on any atom is 0.338 e. The Labute approximate surface area is 233 Å². The predicted molar refractivity (Wildman–Crippen MR) is 160 cm³/mol. The van der Waals surface area contributed by atoms with Gasteiger partial charge in [0, 0.05) is 36.2 Å². The molecule has 1 fully saturated rings.